The molecule has 0 fully saturated rings. The van der Waals surface area contributed by atoms with E-state index in [0.717, 1.165) is 13.8 Å². The van der Waals surface area contributed by atoms with Gasteiger partial charge in [0.1, 0.15) is 5.54 Å². The number of alkyl halides is 3. The van der Waals surface area contributed by atoms with Crippen LogP contribution in [-0.2, 0) is 0 Å². The minimum absolute atomic E-state index is 0.118. The lowest BCUT2D eigenvalue weighted by molar-refractivity contribution is -0.212. The van der Waals surface area contributed by atoms with Gasteiger partial charge in [0.05, 0.1) is 0 Å². The van der Waals surface area contributed by atoms with Crippen molar-refractivity contribution < 1.29 is 18.0 Å². The molecule has 6 heteroatoms. The van der Waals surface area contributed by atoms with Gasteiger partial charge in [0.15, 0.2) is 0 Å². The maximum Gasteiger partial charge on any atom is 0.412 e. The largest absolute Gasteiger partial charge is 0.412 e. The molecule has 0 heterocycles. The van der Waals surface area contributed by atoms with Gasteiger partial charge in [-0.1, -0.05) is 18.2 Å². The van der Waals surface area contributed by atoms with Gasteiger partial charge in [-0.15, -0.1) is 0 Å². The Morgan fingerprint density at radius 2 is 1.65 bits per heavy atom. The molecule has 94 valence electrons. The average Bonchev–Trinajstić information content (AvgIpc) is 2.26. The van der Waals surface area contributed by atoms with Crippen molar-refractivity contribution in [3.8, 4) is 0 Å². The van der Waals surface area contributed by atoms with Crippen LogP contribution in [0.5, 0.6) is 0 Å². The van der Waals surface area contributed by atoms with E-state index in [9.17, 15) is 18.0 Å². The molecule has 0 bridgehead atoms. The average molecular weight is 246 g/mol. The second kappa shape index (κ2) is 4.37. The monoisotopic (exact) mass is 246 g/mol. The van der Waals surface area contributed by atoms with Crippen LogP contribution in [0.2, 0.25) is 0 Å². The van der Waals surface area contributed by atoms with Crippen LogP contribution in [0.25, 0.3) is 0 Å². The highest BCUT2D eigenvalue weighted by molar-refractivity contribution is 5.94. The summed E-state index contributed by atoms with van der Waals surface area (Å²) in [6.45, 7) is 1.71. The summed E-state index contributed by atoms with van der Waals surface area (Å²) in [5.41, 5.74) is -2.30. The second-order valence-corrected chi connectivity index (χ2v) is 4.10. The van der Waals surface area contributed by atoms with Gasteiger partial charge < -0.3 is 0 Å². The standard InChI is InChI=1S/C11H13F3N2O/c1-10(2,11(12,13)14)16(15)9(17)8-6-4-3-5-7-8/h3-7H,15H2,1-2H3. The smallest absolute Gasteiger partial charge is 0.268 e. The third kappa shape index (κ3) is 2.58. The minimum atomic E-state index is -4.59. The van der Waals surface area contributed by atoms with Crippen LogP contribution in [0, 0.1) is 0 Å². The molecule has 0 aliphatic heterocycles. The summed E-state index contributed by atoms with van der Waals surface area (Å²) < 4.78 is 38.1. The molecule has 0 radical (unpaired) electrons. The lowest BCUT2D eigenvalue weighted by Gasteiger charge is -2.36. The highest BCUT2D eigenvalue weighted by atomic mass is 19.4. The van der Waals surface area contributed by atoms with Crippen molar-refractivity contribution in [2.45, 2.75) is 25.6 Å². The molecular formula is C11H13F3N2O. The van der Waals surface area contributed by atoms with E-state index in [1.54, 1.807) is 18.2 Å². The van der Waals surface area contributed by atoms with Gasteiger partial charge in [-0.2, -0.15) is 13.2 Å². The quantitative estimate of drug-likeness (QED) is 0.494. The molecule has 0 aliphatic rings. The van der Waals surface area contributed by atoms with Gasteiger partial charge in [-0.25, -0.2) is 5.84 Å². The Hall–Kier alpha value is -1.56. The van der Waals surface area contributed by atoms with Gasteiger partial charge >= 0.3 is 6.18 Å². The molecule has 0 spiro atoms. The lowest BCUT2D eigenvalue weighted by atomic mass is 10.0. The third-order valence-electron chi connectivity index (χ3n) is 2.54. The number of carbonyl (C=O) groups is 1. The zero-order chi connectivity index (χ0) is 13.3. The summed E-state index contributed by atoms with van der Waals surface area (Å²) in [5, 5.41) is 0.211. The van der Waals surface area contributed by atoms with Crippen LogP contribution in [-0.4, -0.2) is 22.6 Å². The van der Waals surface area contributed by atoms with E-state index in [-0.39, 0.29) is 10.6 Å². The van der Waals surface area contributed by atoms with Crippen molar-refractivity contribution in [1.82, 2.24) is 5.01 Å². The number of nitrogens with zero attached hydrogens (tertiary/aromatic N) is 1. The van der Waals surface area contributed by atoms with Crippen molar-refractivity contribution in [2.75, 3.05) is 0 Å². The van der Waals surface area contributed by atoms with Crippen molar-refractivity contribution >= 4 is 5.91 Å². The zero-order valence-electron chi connectivity index (χ0n) is 9.45. The number of nitrogens with two attached hydrogens (primary N) is 1. The molecule has 0 atom stereocenters. The van der Waals surface area contributed by atoms with Crippen molar-refractivity contribution in [1.29, 1.82) is 0 Å². The van der Waals surface area contributed by atoms with E-state index in [4.69, 9.17) is 5.84 Å². The number of hydrogen-bond donors (Lipinski definition) is 1. The topological polar surface area (TPSA) is 46.3 Å². The predicted octanol–water partition coefficient (Wildman–Crippen LogP) is 2.34. The first-order valence-electron chi connectivity index (χ1n) is 4.89. The van der Waals surface area contributed by atoms with Crippen LogP contribution in [0.15, 0.2) is 30.3 Å². The summed E-state index contributed by atoms with van der Waals surface area (Å²) in [6, 6.07) is 7.60. The molecule has 3 nitrogen and oxygen atoms in total. The second-order valence-electron chi connectivity index (χ2n) is 4.10. The Labute approximate surface area is 97.0 Å². The van der Waals surface area contributed by atoms with Crippen LogP contribution in [0.3, 0.4) is 0 Å². The number of carbonyl (C=O) groups excluding carboxylic acids is 1. The normalized spacial score (nSPS) is 12.4. The number of rotatable bonds is 2. The minimum Gasteiger partial charge on any atom is -0.268 e. The van der Waals surface area contributed by atoms with Crippen LogP contribution in [0.4, 0.5) is 13.2 Å². The Bertz CT molecular complexity index is 401. The first-order chi connectivity index (χ1) is 7.68. The number of hydrazine groups is 1. The van der Waals surface area contributed by atoms with Crippen LogP contribution < -0.4 is 5.84 Å². The van der Waals surface area contributed by atoms with E-state index in [2.05, 4.69) is 0 Å². The molecule has 0 aliphatic carbocycles. The lowest BCUT2D eigenvalue weighted by Crippen LogP contribution is -2.60. The maximum absolute atomic E-state index is 12.7. The highest BCUT2D eigenvalue weighted by Gasteiger charge is 2.52. The molecule has 2 N–H and O–H groups in total. The molecule has 17 heavy (non-hydrogen) atoms. The molecule has 1 aromatic rings. The van der Waals surface area contributed by atoms with Crippen molar-refractivity contribution in [3.63, 3.8) is 0 Å². The summed E-state index contributed by atoms with van der Waals surface area (Å²) >= 11 is 0. The van der Waals surface area contributed by atoms with Crippen molar-refractivity contribution in [3.05, 3.63) is 35.9 Å². The number of hydrogen-bond acceptors (Lipinski definition) is 2. The molecule has 1 aromatic carbocycles. The first kappa shape index (κ1) is 13.5. The predicted molar refractivity (Wildman–Crippen MR) is 56.9 cm³/mol. The van der Waals surface area contributed by atoms with Gasteiger partial charge in [0, 0.05) is 5.56 Å². The van der Waals surface area contributed by atoms with Crippen LogP contribution in [0.1, 0.15) is 24.2 Å². The van der Waals surface area contributed by atoms with E-state index in [1.807, 2.05) is 0 Å². The van der Waals surface area contributed by atoms with Gasteiger partial charge in [0.25, 0.3) is 5.91 Å². The molecular weight excluding hydrogens is 233 g/mol. The number of benzene rings is 1. The fourth-order valence-electron chi connectivity index (χ4n) is 1.11. The molecule has 0 saturated carbocycles. The Morgan fingerprint density at radius 1 is 1.18 bits per heavy atom. The van der Waals surface area contributed by atoms with E-state index < -0.39 is 17.6 Å². The SMILES string of the molecule is CC(C)(N(N)C(=O)c1ccccc1)C(F)(F)F. The number of amides is 1. The van der Waals surface area contributed by atoms with E-state index in [1.165, 1.54) is 12.1 Å². The molecule has 0 unspecified atom stereocenters. The summed E-state index contributed by atoms with van der Waals surface area (Å²) in [6.07, 6.45) is -4.59. The third-order valence-corrected chi connectivity index (χ3v) is 2.54. The number of halogens is 3. The Morgan fingerprint density at radius 3 is 2.06 bits per heavy atom. The van der Waals surface area contributed by atoms with Crippen LogP contribution >= 0.6 is 0 Å². The summed E-state index contributed by atoms with van der Waals surface area (Å²) in [5.74, 6) is 4.41. The van der Waals surface area contributed by atoms with Gasteiger partial charge in [0.2, 0.25) is 0 Å². The van der Waals surface area contributed by atoms with Crippen molar-refractivity contribution in [2.24, 2.45) is 5.84 Å². The van der Waals surface area contributed by atoms with Gasteiger partial charge in [-0.05, 0) is 26.0 Å². The first-order valence-corrected chi connectivity index (χ1v) is 4.89. The van der Waals surface area contributed by atoms with E-state index in [0.29, 0.717) is 0 Å². The highest BCUT2D eigenvalue weighted by Crippen LogP contribution is 2.33. The fraction of sp³-hybridized carbons (Fsp3) is 0.364. The Kier molecular flexibility index (Phi) is 3.47. The fourth-order valence-corrected chi connectivity index (χ4v) is 1.11. The zero-order valence-corrected chi connectivity index (χ0v) is 9.45. The molecule has 0 saturated heterocycles. The summed E-state index contributed by atoms with van der Waals surface area (Å²) in [4.78, 5) is 11.7. The van der Waals surface area contributed by atoms with E-state index >= 15 is 0 Å². The molecule has 1 amide bonds. The Balaban J connectivity index is 2.99. The maximum atomic E-state index is 12.7. The molecule has 0 aromatic heterocycles. The van der Waals surface area contributed by atoms with Gasteiger partial charge in [-0.3, -0.25) is 9.80 Å². The molecule has 1 rings (SSSR count). The summed E-state index contributed by atoms with van der Waals surface area (Å²) in [7, 11) is 0.